The van der Waals surface area contributed by atoms with E-state index in [0.29, 0.717) is 19.5 Å². The Morgan fingerprint density at radius 3 is 2.56 bits per heavy atom. The van der Waals surface area contributed by atoms with Crippen LogP contribution in [0.2, 0.25) is 0 Å². The van der Waals surface area contributed by atoms with E-state index in [0.717, 1.165) is 5.56 Å². The normalized spacial score (nSPS) is 33.6. The highest BCUT2D eigenvalue weighted by Crippen LogP contribution is 2.54. The number of carbonyl (C=O) groups is 4. The van der Waals surface area contributed by atoms with E-state index in [1.165, 1.54) is 4.90 Å². The number of ether oxygens (including phenoxy) is 2. The maximum Gasteiger partial charge on any atom is 0.313 e. The first-order valence-electron chi connectivity index (χ1n) is 14.4. The Morgan fingerprint density at radius 1 is 1.10 bits per heavy atom. The van der Waals surface area contributed by atoms with E-state index in [4.69, 9.17) is 9.47 Å². The van der Waals surface area contributed by atoms with Gasteiger partial charge in [-0.25, -0.2) is 0 Å². The lowest BCUT2D eigenvalue weighted by Crippen LogP contribution is -2.59. The number of esters is 1. The van der Waals surface area contributed by atoms with Crippen molar-refractivity contribution in [3.8, 4) is 0 Å². The summed E-state index contributed by atoms with van der Waals surface area (Å²) < 4.78 is 12.4. The molecule has 0 bridgehead atoms. The van der Waals surface area contributed by atoms with Gasteiger partial charge in [0.2, 0.25) is 17.7 Å². The number of aliphatic hydroxyl groups is 1. The summed E-state index contributed by atoms with van der Waals surface area (Å²) in [6.45, 7) is 5.91. The van der Waals surface area contributed by atoms with Gasteiger partial charge in [0.05, 0.1) is 31.2 Å². The maximum atomic E-state index is 14.4. The zero-order valence-electron chi connectivity index (χ0n) is 23.8. The van der Waals surface area contributed by atoms with Gasteiger partial charge in [0, 0.05) is 19.5 Å². The molecule has 4 aliphatic rings. The van der Waals surface area contributed by atoms with Crippen LogP contribution in [0.15, 0.2) is 54.6 Å². The molecule has 10 heteroatoms. The highest BCUT2D eigenvalue weighted by molar-refractivity contribution is 5.99. The topological polar surface area (TPSA) is 125 Å². The molecule has 0 aliphatic carbocycles. The fourth-order valence-electron chi connectivity index (χ4n) is 6.57. The van der Waals surface area contributed by atoms with Crippen LogP contribution in [0.1, 0.15) is 39.2 Å². The number of benzene rings is 1. The molecule has 220 valence electrons. The van der Waals surface area contributed by atoms with E-state index >= 15 is 0 Å². The van der Waals surface area contributed by atoms with Crippen molar-refractivity contribution in [2.75, 3.05) is 19.7 Å². The number of fused-ring (bicyclic) bond motifs is 2. The zero-order chi connectivity index (χ0) is 29.3. The zero-order valence-corrected chi connectivity index (χ0v) is 23.8. The molecule has 2 N–H and O–H groups in total. The van der Waals surface area contributed by atoms with Gasteiger partial charge in [-0.2, -0.15) is 0 Å². The number of allylic oxidation sites excluding steroid dienone is 1. The lowest BCUT2D eigenvalue weighted by Gasteiger charge is -2.39. The third-order valence-electron chi connectivity index (χ3n) is 8.59. The van der Waals surface area contributed by atoms with Crippen molar-refractivity contribution in [1.29, 1.82) is 0 Å². The highest BCUT2D eigenvalue weighted by Gasteiger charge is 2.72. The first kappa shape index (κ1) is 29.0. The van der Waals surface area contributed by atoms with Crippen molar-refractivity contribution in [3.05, 3.63) is 60.2 Å². The van der Waals surface area contributed by atoms with E-state index in [-0.39, 0.29) is 37.3 Å². The SMILES string of the molecule is CC(C)[C@H](CO)N1C(=O)[C@@H]2[C@H]3C(=O)O[C@H](C)CNC(=O)CC/C=C\[C@H]3O[C@@]23C=CCN(Cc2ccccc2)C(=O)[C@@H]13. The van der Waals surface area contributed by atoms with Crippen LogP contribution in [0.4, 0.5) is 0 Å². The van der Waals surface area contributed by atoms with Crippen LogP contribution in [0.25, 0.3) is 0 Å². The Bertz CT molecular complexity index is 1230. The Labute approximate surface area is 240 Å². The van der Waals surface area contributed by atoms with Gasteiger partial charge in [0.25, 0.3) is 0 Å². The molecule has 0 unspecified atom stereocenters. The number of cyclic esters (lactones) is 1. The highest BCUT2D eigenvalue weighted by atomic mass is 16.6. The van der Waals surface area contributed by atoms with Gasteiger partial charge in [-0.05, 0) is 24.8 Å². The lowest BCUT2D eigenvalue weighted by molar-refractivity contribution is -0.160. The lowest BCUT2D eigenvalue weighted by atomic mass is 9.78. The van der Waals surface area contributed by atoms with Crippen LogP contribution in [0.5, 0.6) is 0 Å². The summed E-state index contributed by atoms with van der Waals surface area (Å²) in [5.41, 5.74) is -0.490. The van der Waals surface area contributed by atoms with Crippen molar-refractivity contribution in [3.63, 3.8) is 0 Å². The van der Waals surface area contributed by atoms with Gasteiger partial charge in [-0.3, -0.25) is 19.2 Å². The number of nitrogens with one attached hydrogen (secondary N) is 1. The molecular formula is C31H39N3O7. The van der Waals surface area contributed by atoms with Crippen molar-refractivity contribution < 1.29 is 33.8 Å². The molecule has 2 fully saturated rings. The fraction of sp³-hybridized carbons (Fsp3) is 0.548. The van der Waals surface area contributed by atoms with E-state index in [1.807, 2.05) is 50.3 Å². The van der Waals surface area contributed by atoms with Crippen LogP contribution >= 0.6 is 0 Å². The minimum atomic E-state index is -1.43. The molecule has 3 amide bonds. The first-order chi connectivity index (χ1) is 19.7. The quantitative estimate of drug-likeness (QED) is 0.410. The molecule has 2 saturated heterocycles. The molecule has 41 heavy (non-hydrogen) atoms. The molecule has 7 atom stereocenters. The third kappa shape index (κ3) is 5.30. The molecule has 1 aromatic rings. The van der Waals surface area contributed by atoms with Crippen molar-refractivity contribution in [1.82, 2.24) is 15.1 Å². The Hall–Kier alpha value is -3.50. The molecular weight excluding hydrogens is 526 g/mol. The maximum absolute atomic E-state index is 14.4. The van der Waals surface area contributed by atoms with E-state index in [2.05, 4.69) is 5.32 Å². The Morgan fingerprint density at radius 2 is 1.85 bits per heavy atom. The number of likely N-dealkylation sites (tertiary alicyclic amines) is 1. The number of hydrogen-bond acceptors (Lipinski definition) is 7. The average Bonchev–Trinajstić information content (AvgIpc) is 3.33. The minimum Gasteiger partial charge on any atom is -0.460 e. The molecule has 4 aliphatic heterocycles. The van der Waals surface area contributed by atoms with Gasteiger partial charge < -0.3 is 29.7 Å². The van der Waals surface area contributed by atoms with Gasteiger partial charge in [-0.15, -0.1) is 0 Å². The summed E-state index contributed by atoms with van der Waals surface area (Å²) >= 11 is 0. The van der Waals surface area contributed by atoms with Gasteiger partial charge in [0.15, 0.2) is 0 Å². The molecule has 1 aromatic carbocycles. The summed E-state index contributed by atoms with van der Waals surface area (Å²) in [5, 5.41) is 13.2. The van der Waals surface area contributed by atoms with Crippen molar-refractivity contribution in [2.45, 2.75) is 70.1 Å². The molecule has 0 saturated carbocycles. The largest absolute Gasteiger partial charge is 0.460 e. The second-order valence-electron chi connectivity index (χ2n) is 11.7. The predicted molar refractivity (Wildman–Crippen MR) is 149 cm³/mol. The predicted octanol–water partition coefficient (Wildman–Crippen LogP) is 1.58. The van der Waals surface area contributed by atoms with Gasteiger partial charge in [0.1, 0.15) is 23.7 Å². The second-order valence-corrected chi connectivity index (χ2v) is 11.7. The molecule has 4 heterocycles. The molecule has 5 rings (SSSR count). The second kappa shape index (κ2) is 11.8. The summed E-state index contributed by atoms with van der Waals surface area (Å²) in [6, 6.07) is 7.87. The van der Waals surface area contributed by atoms with Gasteiger partial charge in [-0.1, -0.05) is 68.5 Å². The van der Waals surface area contributed by atoms with Crippen molar-refractivity contribution >= 4 is 23.7 Å². The van der Waals surface area contributed by atoms with Crippen LogP contribution in [0.3, 0.4) is 0 Å². The summed E-state index contributed by atoms with van der Waals surface area (Å²) in [4.78, 5) is 57.9. The van der Waals surface area contributed by atoms with E-state index in [9.17, 15) is 24.3 Å². The van der Waals surface area contributed by atoms with Gasteiger partial charge >= 0.3 is 5.97 Å². The molecule has 1 spiro atoms. The summed E-state index contributed by atoms with van der Waals surface area (Å²) in [7, 11) is 0. The third-order valence-corrected chi connectivity index (χ3v) is 8.59. The number of aliphatic hydroxyl groups excluding tert-OH is 1. The van der Waals surface area contributed by atoms with Crippen molar-refractivity contribution in [2.24, 2.45) is 17.8 Å². The number of nitrogens with zero attached hydrogens (tertiary/aromatic N) is 2. The standard InChI is InChI=1S/C31H39N3O7/c1-19(2)22(18-35)34-27-29(38)33(17-21-10-5-4-6-11-21)15-9-14-31(27)26(28(34)37)25-23(41-31)12-7-8-13-24(36)32-16-20(3)40-30(25)39/h4-7,9-12,14,19-20,22-23,25-27,35H,8,13,15-18H2,1-3H3,(H,32,36)/b12-7-/t20-,22+,23-,25+,26+,27-,31+/m1/s1. The molecule has 10 nitrogen and oxygen atoms in total. The van der Waals surface area contributed by atoms with E-state index < -0.39 is 53.6 Å². The smallest absolute Gasteiger partial charge is 0.313 e. The number of rotatable bonds is 5. The van der Waals surface area contributed by atoms with Crippen LogP contribution < -0.4 is 5.32 Å². The Balaban J connectivity index is 1.59. The first-order valence-corrected chi connectivity index (χ1v) is 14.4. The number of carbonyl (C=O) groups excluding carboxylic acids is 4. The van der Waals surface area contributed by atoms with Crippen LogP contribution in [-0.2, 0) is 35.2 Å². The van der Waals surface area contributed by atoms with E-state index in [1.54, 1.807) is 30.1 Å². The fourth-order valence-corrected chi connectivity index (χ4v) is 6.57. The molecule has 0 aromatic heterocycles. The monoisotopic (exact) mass is 565 g/mol. The number of hydrogen-bond donors (Lipinski definition) is 2. The summed E-state index contributed by atoms with van der Waals surface area (Å²) in [5.74, 6) is -3.67. The summed E-state index contributed by atoms with van der Waals surface area (Å²) in [6.07, 6.45) is 6.34. The average molecular weight is 566 g/mol. The number of amides is 3. The Kier molecular flexibility index (Phi) is 8.33. The molecule has 0 radical (unpaired) electrons. The van der Waals surface area contributed by atoms with Crippen LogP contribution in [-0.4, -0.2) is 88.2 Å². The minimum absolute atomic E-state index is 0.150. The van der Waals surface area contributed by atoms with Crippen LogP contribution in [0, 0.1) is 17.8 Å².